The highest BCUT2D eigenvalue weighted by Crippen LogP contribution is 2.39. The van der Waals surface area contributed by atoms with Gasteiger partial charge in [-0.1, -0.05) is 42.5 Å². The van der Waals surface area contributed by atoms with Crippen molar-refractivity contribution < 1.29 is 17.9 Å². The molecule has 0 fully saturated rings. The number of anilines is 1. The van der Waals surface area contributed by atoms with E-state index in [0.29, 0.717) is 5.69 Å². The Labute approximate surface area is 179 Å². The minimum atomic E-state index is -4.37. The lowest BCUT2D eigenvalue weighted by Crippen LogP contribution is -2.35. The largest absolute Gasteiger partial charge is 0.497 e. The van der Waals surface area contributed by atoms with Gasteiger partial charge in [-0.25, -0.2) is 0 Å². The van der Waals surface area contributed by atoms with E-state index in [1.54, 1.807) is 7.11 Å². The highest BCUT2D eigenvalue weighted by Gasteiger charge is 2.36. The van der Waals surface area contributed by atoms with Crippen LogP contribution in [0.15, 0.2) is 89.5 Å². The van der Waals surface area contributed by atoms with Crippen molar-refractivity contribution in [3.8, 4) is 5.75 Å². The topological polar surface area (TPSA) is 24.8 Å². The van der Waals surface area contributed by atoms with Gasteiger partial charge in [-0.2, -0.15) is 13.2 Å². The molecule has 2 atom stereocenters. The van der Waals surface area contributed by atoms with Crippen molar-refractivity contribution in [1.29, 1.82) is 0 Å². The standard InChI is InChI=1S/C25H23F3N2O/c1-17-23(18-7-5-3-4-6-8-18)29-24(19-9-15-22(31-2)16-10-19)30(17)21-13-11-20(12-14-21)25(26,27)28/h3-5,7-17,24H,6H2,1-2H3. The number of methoxy groups -OCH3 is 1. The van der Waals surface area contributed by atoms with Crippen molar-refractivity contribution >= 4 is 11.4 Å². The van der Waals surface area contributed by atoms with E-state index < -0.39 is 11.7 Å². The first kappa shape index (κ1) is 21.0. The van der Waals surface area contributed by atoms with E-state index in [2.05, 4.69) is 17.1 Å². The molecule has 31 heavy (non-hydrogen) atoms. The van der Waals surface area contributed by atoms with Crippen LogP contribution in [0, 0.1) is 0 Å². The van der Waals surface area contributed by atoms with Crippen LogP contribution in [0.2, 0.25) is 0 Å². The van der Waals surface area contributed by atoms with Crippen molar-refractivity contribution in [2.75, 3.05) is 12.0 Å². The van der Waals surface area contributed by atoms with Crippen molar-refractivity contribution in [1.82, 2.24) is 0 Å². The zero-order valence-electron chi connectivity index (χ0n) is 17.3. The molecule has 1 heterocycles. The zero-order chi connectivity index (χ0) is 22.0. The van der Waals surface area contributed by atoms with E-state index in [4.69, 9.17) is 9.73 Å². The van der Waals surface area contributed by atoms with Crippen molar-refractivity contribution in [3.63, 3.8) is 0 Å². The van der Waals surface area contributed by atoms with Crippen molar-refractivity contribution in [3.05, 3.63) is 95.6 Å². The molecule has 0 amide bonds. The van der Waals surface area contributed by atoms with Crippen LogP contribution in [0.5, 0.6) is 5.75 Å². The van der Waals surface area contributed by atoms with Crippen LogP contribution < -0.4 is 9.64 Å². The summed E-state index contributed by atoms with van der Waals surface area (Å²) >= 11 is 0. The lowest BCUT2D eigenvalue weighted by Gasteiger charge is -2.31. The SMILES string of the molecule is COc1ccc(C2N=C(C3=CCC=CC=C3)C(C)N2c2ccc(C(F)(F)F)cc2)cc1. The van der Waals surface area contributed by atoms with Crippen molar-refractivity contribution in [2.24, 2.45) is 4.99 Å². The molecule has 0 spiro atoms. The third-order valence-corrected chi connectivity index (χ3v) is 5.54. The number of benzene rings is 2. The molecule has 2 aliphatic rings. The van der Waals surface area contributed by atoms with Crippen LogP contribution in [0.3, 0.4) is 0 Å². The summed E-state index contributed by atoms with van der Waals surface area (Å²) in [6.45, 7) is 2.03. The van der Waals surface area contributed by atoms with Gasteiger partial charge < -0.3 is 9.64 Å². The van der Waals surface area contributed by atoms with Gasteiger partial charge in [0.1, 0.15) is 11.9 Å². The Kier molecular flexibility index (Phi) is 5.72. The maximum Gasteiger partial charge on any atom is 0.416 e. The lowest BCUT2D eigenvalue weighted by molar-refractivity contribution is -0.137. The second-order valence-electron chi connectivity index (χ2n) is 7.47. The van der Waals surface area contributed by atoms with Gasteiger partial charge in [0, 0.05) is 5.69 Å². The van der Waals surface area contributed by atoms with Gasteiger partial charge in [0.15, 0.2) is 0 Å². The van der Waals surface area contributed by atoms with E-state index in [-0.39, 0.29) is 12.2 Å². The first-order chi connectivity index (χ1) is 14.9. The molecule has 0 saturated carbocycles. The summed E-state index contributed by atoms with van der Waals surface area (Å²) in [6.07, 6.45) is 6.29. The number of nitrogens with zero attached hydrogens (tertiary/aromatic N) is 2. The predicted molar refractivity (Wildman–Crippen MR) is 118 cm³/mol. The summed E-state index contributed by atoms with van der Waals surface area (Å²) in [5, 5.41) is 0. The van der Waals surface area contributed by atoms with Gasteiger partial charge in [0.2, 0.25) is 0 Å². The molecule has 4 rings (SSSR count). The Morgan fingerprint density at radius 2 is 1.71 bits per heavy atom. The van der Waals surface area contributed by atoms with Gasteiger partial charge >= 0.3 is 6.18 Å². The van der Waals surface area contributed by atoms with Crippen LogP contribution in [0.25, 0.3) is 0 Å². The number of ether oxygens (including phenoxy) is 1. The molecular weight excluding hydrogens is 401 g/mol. The number of rotatable bonds is 4. The molecule has 160 valence electrons. The summed E-state index contributed by atoms with van der Waals surface area (Å²) in [6, 6.07) is 12.8. The molecule has 6 heteroatoms. The van der Waals surface area contributed by atoms with E-state index >= 15 is 0 Å². The van der Waals surface area contributed by atoms with E-state index in [1.807, 2.05) is 49.4 Å². The molecule has 2 aromatic rings. The Balaban J connectivity index is 1.75. The highest BCUT2D eigenvalue weighted by molar-refractivity contribution is 6.09. The van der Waals surface area contributed by atoms with Crippen LogP contribution in [-0.2, 0) is 6.18 Å². The predicted octanol–water partition coefficient (Wildman–Crippen LogP) is 6.50. The second-order valence-corrected chi connectivity index (χ2v) is 7.47. The number of aliphatic imine (C=N–C) groups is 1. The highest BCUT2D eigenvalue weighted by atomic mass is 19.4. The monoisotopic (exact) mass is 424 g/mol. The molecule has 0 N–H and O–H groups in total. The fraction of sp³-hybridized carbons (Fsp3) is 0.240. The van der Waals surface area contributed by atoms with Gasteiger partial charge in [-0.3, -0.25) is 4.99 Å². The molecule has 0 aromatic heterocycles. The Morgan fingerprint density at radius 1 is 1.00 bits per heavy atom. The first-order valence-corrected chi connectivity index (χ1v) is 10.1. The Morgan fingerprint density at radius 3 is 2.35 bits per heavy atom. The third-order valence-electron chi connectivity index (χ3n) is 5.54. The van der Waals surface area contributed by atoms with Crippen LogP contribution in [0.4, 0.5) is 18.9 Å². The number of hydrogen-bond donors (Lipinski definition) is 0. The molecular formula is C25H23F3N2O. The molecule has 0 radical (unpaired) electrons. The third kappa shape index (κ3) is 4.29. The summed E-state index contributed by atoms with van der Waals surface area (Å²) in [4.78, 5) is 7.08. The van der Waals surface area contributed by atoms with Gasteiger partial charge in [0.25, 0.3) is 0 Å². The maximum absolute atomic E-state index is 13.1. The van der Waals surface area contributed by atoms with Crippen molar-refractivity contribution in [2.45, 2.75) is 31.7 Å². The normalized spacial score (nSPS) is 21.0. The summed E-state index contributed by atoms with van der Waals surface area (Å²) < 4.78 is 44.4. The van der Waals surface area contributed by atoms with Crippen LogP contribution in [0.1, 0.15) is 30.6 Å². The number of alkyl halides is 3. The quantitative estimate of drug-likeness (QED) is 0.559. The smallest absolute Gasteiger partial charge is 0.416 e. The van der Waals surface area contributed by atoms with Crippen LogP contribution in [-0.4, -0.2) is 18.9 Å². The molecule has 0 saturated heterocycles. The molecule has 0 bridgehead atoms. The van der Waals surface area contributed by atoms with Gasteiger partial charge in [0.05, 0.1) is 24.4 Å². The molecule has 3 nitrogen and oxygen atoms in total. The van der Waals surface area contributed by atoms with E-state index in [9.17, 15) is 13.2 Å². The van der Waals surface area contributed by atoms with Gasteiger partial charge in [-0.15, -0.1) is 0 Å². The second kappa shape index (κ2) is 8.46. The fourth-order valence-electron chi connectivity index (χ4n) is 3.93. The lowest BCUT2D eigenvalue weighted by atomic mass is 10.0. The van der Waals surface area contributed by atoms with Gasteiger partial charge in [-0.05, 0) is 60.9 Å². The summed E-state index contributed by atoms with van der Waals surface area (Å²) in [5.41, 5.74) is 2.92. The fourth-order valence-corrected chi connectivity index (χ4v) is 3.93. The number of hydrogen-bond acceptors (Lipinski definition) is 3. The average Bonchev–Trinajstić information content (AvgIpc) is 2.93. The number of allylic oxidation sites excluding steroid dienone is 5. The number of halogens is 3. The minimum Gasteiger partial charge on any atom is -0.497 e. The van der Waals surface area contributed by atoms with E-state index in [1.165, 1.54) is 12.1 Å². The molecule has 2 unspecified atom stereocenters. The average molecular weight is 424 g/mol. The van der Waals surface area contributed by atoms with Crippen LogP contribution >= 0.6 is 0 Å². The maximum atomic E-state index is 13.1. The first-order valence-electron chi connectivity index (χ1n) is 10.1. The minimum absolute atomic E-state index is 0.113. The summed E-state index contributed by atoms with van der Waals surface area (Å²) in [7, 11) is 1.61. The Hall–Kier alpha value is -3.28. The molecule has 1 aliphatic heterocycles. The molecule has 2 aromatic carbocycles. The summed E-state index contributed by atoms with van der Waals surface area (Å²) in [5.74, 6) is 0.737. The zero-order valence-corrected chi connectivity index (χ0v) is 17.3. The molecule has 1 aliphatic carbocycles. The van der Waals surface area contributed by atoms with E-state index in [0.717, 1.165) is 41.2 Å². The Bertz CT molecular complexity index is 1050.